The van der Waals surface area contributed by atoms with Crippen LogP contribution in [0.5, 0.6) is 0 Å². The molecule has 0 saturated carbocycles. The van der Waals surface area contributed by atoms with Gasteiger partial charge < -0.3 is 25.0 Å². The van der Waals surface area contributed by atoms with E-state index in [9.17, 15) is 9.59 Å². The number of hydrogen-bond acceptors (Lipinski definition) is 6. The van der Waals surface area contributed by atoms with E-state index in [-0.39, 0.29) is 18.5 Å². The Balaban J connectivity index is 1.36. The van der Waals surface area contributed by atoms with Crippen molar-refractivity contribution in [3.63, 3.8) is 0 Å². The first kappa shape index (κ1) is 21.3. The number of methoxy groups -OCH3 is 1. The highest BCUT2D eigenvalue weighted by Gasteiger charge is 2.42. The molecule has 1 unspecified atom stereocenters. The van der Waals surface area contributed by atoms with Crippen molar-refractivity contribution in [2.45, 2.75) is 38.1 Å². The van der Waals surface area contributed by atoms with Gasteiger partial charge in [0, 0.05) is 25.8 Å². The first-order valence-electron chi connectivity index (χ1n) is 10.5. The van der Waals surface area contributed by atoms with Crippen LogP contribution >= 0.6 is 0 Å². The molecular formula is C21H28N6O4. The number of nitrogens with zero attached hydrogens (tertiary/aromatic N) is 4. The number of nitrogens with one attached hydrogen (secondary N) is 2. The Morgan fingerprint density at radius 1 is 1.23 bits per heavy atom. The van der Waals surface area contributed by atoms with E-state index in [1.807, 2.05) is 22.9 Å². The quantitative estimate of drug-likeness (QED) is 0.663. The summed E-state index contributed by atoms with van der Waals surface area (Å²) in [6, 6.07) is 8.96. The number of hydrogen-bond donors (Lipinski definition) is 2. The summed E-state index contributed by atoms with van der Waals surface area (Å²) < 4.78 is 13.1. The fourth-order valence-corrected chi connectivity index (χ4v) is 4.08. The van der Waals surface area contributed by atoms with E-state index in [0.29, 0.717) is 50.7 Å². The molecule has 3 amide bonds. The number of amides is 3. The van der Waals surface area contributed by atoms with Gasteiger partial charge in [0.15, 0.2) is 0 Å². The van der Waals surface area contributed by atoms with Crippen LogP contribution in [0.4, 0.5) is 4.79 Å². The van der Waals surface area contributed by atoms with Crippen LogP contribution in [0.2, 0.25) is 0 Å². The number of carbonyl (C=O) groups is 2. The van der Waals surface area contributed by atoms with Gasteiger partial charge >= 0.3 is 6.03 Å². The molecule has 1 atom stereocenters. The molecule has 1 spiro atoms. The van der Waals surface area contributed by atoms with Crippen LogP contribution < -0.4 is 10.6 Å². The van der Waals surface area contributed by atoms with E-state index in [4.69, 9.17) is 9.47 Å². The number of likely N-dealkylation sites (tertiary alicyclic amines) is 1. The minimum absolute atomic E-state index is 0.103. The first-order valence-corrected chi connectivity index (χ1v) is 10.5. The minimum atomic E-state index is -0.470. The monoisotopic (exact) mass is 428 g/mol. The fourth-order valence-electron chi connectivity index (χ4n) is 4.08. The van der Waals surface area contributed by atoms with Crippen molar-refractivity contribution in [1.29, 1.82) is 0 Å². The number of piperidine rings is 1. The Morgan fingerprint density at radius 2 is 2.06 bits per heavy atom. The van der Waals surface area contributed by atoms with Gasteiger partial charge in [-0.25, -0.2) is 9.48 Å². The van der Waals surface area contributed by atoms with Gasteiger partial charge in [0.2, 0.25) is 0 Å². The Kier molecular flexibility index (Phi) is 6.47. The van der Waals surface area contributed by atoms with E-state index in [1.165, 1.54) is 0 Å². The summed E-state index contributed by atoms with van der Waals surface area (Å²) in [5, 5.41) is 14.3. The summed E-state index contributed by atoms with van der Waals surface area (Å²) in [6.07, 6.45) is 1.72. The van der Waals surface area contributed by atoms with Crippen molar-refractivity contribution in [2.75, 3.05) is 33.4 Å². The standard InChI is InChI=1S/C21H28N6O4/c1-30-11-9-22-20(29)26-10-5-8-21(14-26)15-27-18(13-31-21)17(24-25-27)12-23-19(28)16-6-3-2-4-7-16/h2-4,6-7H,5,8-15H2,1H3,(H,22,29)(H,23,28). The first-order chi connectivity index (χ1) is 15.1. The number of rotatable bonds is 6. The van der Waals surface area contributed by atoms with Crippen LogP contribution in [-0.4, -0.2) is 70.8 Å². The Hall–Kier alpha value is -2.98. The molecule has 1 saturated heterocycles. The number of ether oxygens (including phenoxy) is 2. The van der Waals surface area contributed by atoms with E-state index in [1.54, 1.807) is 24.1 Å². The number of fused-ring (bicyclic) bond motifs is 1. The van der Waals surface area contributed by atoms with Gasteiger partial charge in [0.05, 0.1) is 38.5 Å². The van der Waals surface area contributed by atoms with Crippen LogP contribution in [0, 0.1) is 0 Å². The lowest BCUT2D eigenvalue weighted by molar-refractivity contribution is -0.121. The van der Waals surface area contributed by atoms with E-state index in [0.717, 1.165) is 18.5 Å². The molecule has 0 radical (unpaired) electrons. The maximum Gasteiger partial charge on any atom is 0.317 e. The smallest absolute Gasteiger partial charge is 0.317 e. The maximum atomic E-state index is 12.4. The molecule has 0 aliphatic carbocycles. The average molecular weight is 428 g/mol. The van der Waals surface area contributed by atoms with Crippen molar-refractivity contribution >= 4 is 11.9 Å². The van der Waals surface area contributed by atoms with E-state index >= 15 is 0 Å². The summed E-state index contributed by atoms with van der Waals surface area (Å²) in [5.74, 6) is -0.155. The molecule has 2 N–H and O–H groups in total. The molecule has 1 aromatic carbocycles. The number of benzene rings is 1. The molecule has 1 aromatic heterocycles. The Bertz CT molecular complexity index is 918. The molecule has 0 bridgehead atoms. The van der Waals surface area contributed by atoms with Crippen molar-refractivity contribution in [3.8, 4) is 0 Å². The highest BCUT2D eigenvalue weighted by atomic mass is 16.5. The fraction of sp³-hybridized carbons (Fsp3) is 0.524. The van der Waals surface area contributed by atoms with Gasteiger partial charge in [-0.05, 0) is 25.0 Å². The SMILES string of the molecule is COCCNC(=O)N1CCCC2(C1)Cn1nnc(CNC(=O)c3ccccc3)c1CO2. The predicted molar refractivity (Wildman–Crippen MR) is 111 cm³/mol. The van der Waals surface area contributed by atoms with Gasteiger partial charge in [0.1, 0.15) is 11.3 Å². The molecule has 166 valence electrons. The zero-order valence-electron chi connectivity index (χ0n) is 17.7. The van der Waals surface area contributed by atoms with Crippen LogP contribution in [0.25, 0.3) is 0 Å². The lowest BCUT2D eigenvalue weighted by Gasteiger charge is -2.44. The minimum Gasteiger partial charge on any atom is -0.383 e. The molecule has 3 heterocycles. The van der Waals surface area contributed by atoms with Crippen LogP contribution in [0.15, 0.2) is 30.3 Å². The summed E-state index contributed by atoms with van der Waals surface area (Å²) in [4.78, 5) is 26.5. The third kappa shape index (κ3) is 4.86. The predicted octanol–water partition coefficient (Wildman–Crippen LogP) is 0.929. The Labute approximate surface area is 180 Å². The van der Waals surface area contributed by atoms with Crippen molar-refractivity contribution in [3.05, 3.63) is 47.3 Å². The number of urea groups is 1. The van der Waals surface area contributed by atoms with Crippen molar-refractivity contribution in [1.82, 2.24) is 30.5 Å². The molecule has 4 rings (SSSR count). The van der Waals surface area contributed by atoms with Gasteiger partial charge in [-0.1, -0.05) is 23.4 Å². The highest BCUT2D eigenvalue weighted by Crippen LogP contribution is 2.32. The van der Waals surface area contributed by atoms with Gasteiger partial charge in [0.25, 0.3) is 5.91 Å². The zero-order valence-corrected chi connectivity index (χ0v) is 17.7. The maximum absolute atomic E-state index is 12.4. The summed E-state index contributed by atoms with van der Waals surface area (Å²) in [7, 11) is 1.61. The van der Waals surface area contributed by atoms with E-state index < -0.39 is 5.60 Å². The molecule has 2 aliphatic rings. The van der Waals surface area contributed by atoms with E-state index in [2.05, 4.69) is 20.9 Å². The van der Waals surface area contributed by atoms with Gasteiger partial charge in [-0.2, -0.15) is 0 Å². The van der Waals surface area contributed by atoms with Crippen LogP contribution in [-0.2, 0) is 29.2 Å². The van der Waals surface area contributed by atoms with Crippen LogP contribution in [0.3, 0.4) is 0 Å². The zero-order chi connectivity index (χ0) is 21.7. The average Bonchev–Trinajstić information content (AvgIpc) is 3.19. The number of aromatic nitrogens is 3. The second-order valence-corrected chi connectivity index (χ2v) is 7.91. The summed E-state index contributed by atoms with van der Waals surface area (Å²) in [6.45, 7) is 3.33. The lowest BCUT2D eigenvalue weighted by atomic mass is 9.91. The molecular weight excluding hydrogens is 400 g/mol. The lowest BCUT2D eigenvalue weighted by Crippen LogP contribution is -2.57. The molecule has 10 nitrogen and oxygen atoms in total. The normalized spacial score (nSPS) is 20.4. The molecule has 2 aromatic rings. The summed E-state index contributed by atoms with van der Waals surface area (Å²) in [5.41, 5.74) is 1.69. The topological polar surface area (TPSA) is 111 Å². The third-order valence-corrected chi connectivity index (χ3v) is 5.73. The second-order valence-electron chi connectivity index (χ2n) is 7.91. The van der Waals surface area contributed by atoms with Gasteiger partial charge in [-0.3, -0.25) is 4.79 Å². The van der Waals surface area contributed by atoms with Crippen molar-refractivity contribution in [2.24, 2.45) is 0 Å². The van der Waals surface area contributed by atoms with Crippen LogP contribution in [0.1, 0.15) is 34.6 Å². The second kappa shape index (κ2) is 9.44. The Morgan fingerprint density at radius 3 is 2.87 bits per heavy atom. The van der Waals surface area contributed by atoms with Crippen molar-refractivity contribution < 1.29 is 19.1 Å². The number of carbonyl (C=O) groups excluding carboxylic acids is 2. The van der Waals surface area contributed by atoms with Gasteiger partial charge in [-0.15, -0.1) is 5.10 Å². The molecule has 31 heavy (non-hydrogen) atoms. The molecule has 10 heteroatoms. The largest absolute Gasteiger partial charge is 0.383 e. The summed E-state index contributed by atoms with van der Waals surface area (Å²) >= 11 is 0. The molecule has 1 fully saturated rings. The third-order valence-electron chi connectivity index (χ3n) is 5.73. The highest BCUT2D eigenvalue weighted by molar-refractivity contribution is 5.94. The molecule has 2 aliphatic heterocycles.